The molecule has 0 aliphatic carbocycles. The summed E-state index contributed by atoms with van der Waals surface area (Å²) in [5, 5.41) is 0. The Kier molecular flexibility index (Phi) is 4.80. The van der Waals surface area contributed by atoms with E-state index in [4.69, 9.17) is 9.47 Å². The molecule has 0 aromatic heterocycles. The molecule has 1 aromatic carbocycles. The van der Waals surface area contributed by atoms with Gasteiger partial charge in [-0.05, 0) is 37.0 Å². The van der Waals surface area contributed by atoms with Crippen molar-refractivity contribution in [3.05, 3.63) is 41.7 Å². The van der Waals surface area contributed by atoms with Gasteiger partial charge in [-0.15, -0.1) is 0 Å². The Labute approximate surface area is 142 Å². The molecule has 2 amide bonds. The molecular formula is C17H16F3NO4. The molecule has 2 aliphatic rings. The lowest BCUT2D eigenvalue weighted by molar-refractivity contribution is -0.139. The molecule has 25 heavy (non-hydrogen) atoms. The fourth-order valence-electron chi connectivity index (χ4n) is 2.78. The fourth-order valence-corrected chi connectivity index (χ4v) is 2.78. The summed E-state index contributed by atoms with van der Waals surface area (Å²) in [4.78, 5) is 25.4. The zero-order valence-corrected chi connectivity index (χ0v) is 13.2. The maximum atomic E-state index is 12.7. The number of amides is 2. The summed E-state index contributed by atoms with van der Waals surface area (Å²) >= 11 is 0. The van der Waals surface area contributed by atoms with Crippen LogP contribution in [0.5, 0.6) is 5.75 Å². The molecule has 2 aliphatic heterocycles. The number of nitrogens with zero attached hydrogens (tertiary/aromatic N) is 1. The van der Waals surface area contributed by atoms with Crippen molar-refractivity contribution < 1.29 is 32.2 Å². The fraction of sp³-hybridized carbons (Fsp3) is 0.412. The molecule has 3 rings (SSSR count). The van der Waals surface area contributed by atoms with Crippen molar-refractivity contribution in [2.24, 2.45) is 5.92 Å². The van der Waals surface area contributed by atoms with E-state index in [0.717, 1.165) is 36.0 Å². The van der Waals surface area contributed by atoms with Crippen LogP contribution in [0.4, 0.5) is 13.2 Å². The first kappa shape index (κ1) is 17.5. The predicted octanol–water partition coefficient (Wildman–Crippen LogP) is 2.76. The van der Waals surface area contributed by atoms with Crippen molar-refractivity contribution in [2.75, 3.05) is 19.8 Å². The van der Waals surface area contributed by atoms with Crippen molar-refractivity contribution in [2.45, 2.75) is 19.0 Å². The van der Waals surface area contributed by atoms with Gasteiger partial charge in [0.1, 0.15) is 5.75 Å². The van der Waals surface area contributed by atoms with E-state index in [9.17, 15) is 22.8 Å². The highest BCUT2D eigenvalue weighted by molar-refractivity contribution is 6.15. The molecule has 1 aromatic rings. The number of imide groups is 1. The number of benzene rings is 1. The highest BCUT2D eigenvalue weighted by Gasteiger charge is 2.35. The Hall–Kier alpha value is -2.35. The van der Waals surface area contributed by atoms with E-state index >= 15 is 0 Å². The number of hydrogen-bond acceptors (Lipinski definition) is 4. The number of halogens is 3. The van der Waals surface area contributed by atoms with Gasteiger partial charge < -0.3 is 9.47 Å². The summed E-state index contributed by atoms with van der Waals surface area (Å²) in [6.45, 7) is 1.43. The van der Waals surface area contributed by atoms with E-state index in [-0.39, 0.29) is 24.0 Å². The maximum Gasteiger partial charge on any atom is 0.416 e. The molecule has 8 heteroatoms. The molecule has 5 nitrogen and oxygen atoms in total. The van der Waals surface area contributed by atoms with Gasteiger partial charge in [0.15, 0.2) is 5.76 Å². The maximum absolute atomic E-state index is 12.7. The second-order valence-electron chi connectivity index (χ2n) is 5.95. The number of carbonyl (C=O) groups is 2. The molecular weight excluding hydrogens is 339 g/mol. The molecule has 0 atom stereocenters. The first-order valence-electron chi connectivity index (χ1n) is 7.85. The molecule has 0 saturated carbocycles. The summed E-state index contributed by atoms with van der Waals surface area (Å²) in [5.41, 5.74) is -0.888. The lowest BCUT2D eigenvalue weighted by Gasteiger charge is -2.25. The van der Waals surface area contributed by atoms with Crippen LogP contribution < -0.4 is 4.74 Å². The van der Waals surface area contributed by atoms with Crippen molar-refractivity contribution in [1.29, 1.82) is 0 Å². The SMILES string of the molecule is O=C1C=C(Oc2cccc(C(F)(F)F)c2)C(=O)N1CC1CCOCC1. The second kappa shape index (κ2) is 6.87. The minimum absolute atomic E-state index is 0.143. The largest absolute Gasteiger partial charge is 0.451 e. The Morgan fingerprint density at radius 2 is 1.92 bits per heavy atom. The van der Waals surface area contributed by atoms with E-state index in [1.165, 1.54) is 12.1 Å². The van der Waals surface area contributed by atoms with Gasteiger partial charge in [0.05, 0.1) is 11.6 Å². The van der Waals surface area contributed by atoms with Crippen molar-refractivity contribution in [3.63, 3.8) is 0 Å². The Morgan fingerprint density at radius 1 is 1.20 bits per heavy atom. The zero-order valence-electron chi connectivity index (χ0n) is 13.2. The Balaban J connectivity index is 1.68. The topological polar surface area (TPSA) is 55.8 Å². The second-order valence-corrected chi connectivity index (χ2v) is 5.95. The summed E-state index contributed by atoms with van der Waals surface area (Å²) in [6.07, 6.45) is -2.00. The van der Waals surface area contributed by atoms with Crippen LogP contribution in [-0.4, -0.2) is 36.5 Å². The average molecular weight is 355 g/mol. The quantitative estimate of drug-likeness (QED) is 0.780. The lowest BCUT2D eigenvalue weighted by atomic mass is 10.00. The summed E-state index contributed by atoms with van der Waals surface area (Å²) < 4.78 is 48.7. The molecule has 2 heterocycles. The molecule has 0 N–H and O–H groups in total. The van der Waals surface area contributed by atoms with E-state index in [1.807, 2.05) is 0 Å². The summed E-state index contributed by atoms with van der Waals surface area (Å²) in [7, 11) is 0. The Bertz CT molecular complexity index is 708. The monoisotopic (exact) mass is 355 g/mol. The van der Waals surface area contributed by atoms with Gasteiger partial charge in [-0.1, -0.05) is 6.07 Å². The number of ether oxygens (including phenoxy) is 2. The zero-order chi connectivity index (χ0) is 18.0. The summed E-state index contributed by atoms with van der Waals surface area (Å²) in [6, 6.07) is 4.18. The van der Waals surface area contributed by atoms with Crippen LogP contribution in [-0.2, 0) is 20.5 Å². The van der Waals surface area contributed by atoms with Gasteiger partial charge in [-0.2, -0.15) is 13.2 Å². The third-order valence-corrected chi connectivity index (χ3v) is 4.15. The molecule has 134 valence electrons. The van der Waals surface area contributed by atoms with Gasteiger partial charge >= 0.3 is 6.18 Å². The minimum atomic E-state index is -4.52. The average Bonchev–Trinajstić information content (AvgIpc) is 2.83. The minimum Gasteiger partial charge on any atom is -0.451 e. The third-order valence-electron chi connectivity index (χ3n) is 4.15. The number of carbonyl (C=O) groups excluding carboxylic acids is 2. The van der Waals surface area contributed by atoms with E-state index in [2.05, 4.69) is 0 Å². The molecule has 0 spiro atoms. The van der Waals surface area contributed by atoms with E-state index in [0.29, 0.717) is 13.2 Å². The normalized spacial score (nSPS) is 19.3. The molecule has 1 saturated heterocycles. The number of rotatable bonds is 4. The van der Waals surface area contributed by atoms with Gasteiger partial charge in [0, 0.05) is 19.8 Å². The summed E-state index contributed by atoms with van der Waals surface area (Å²) in [5.74, 6) is -1.40. The van der Waals surface area contributed by atoms with Gasteiger partial charge in [-0.3, -0.25) is 14.5 Å². The van der Waals surface area contributed by atoms with Crippen molar-refractivity contribution in [3.8, 4) is 5.75 Å². The van der Waals surface area contributed by atoms with Crippen LogP contribution in [0.1, 0.15) is 18.4 Å². The number of alkyl halides is 3. The highest BCUT2D eigenvalue weighted by Crippen LogP contribution is 2.32. The molecule has 1 fully saturated rings. The lowest BCUT2D eigenvalue weighted by Crippen LogP contribution is -2.37. The van der Waals surface area contributed by atoms with Gasteiger partial charge in [-0.25, -0.2) is 0 Å². The first-order chi connectivity index (χ1) is 11.8. The van der Waals surface area contributed by atoms with Crippen LogP contribution in [0, 0.1) is 5.92 Å². The molecule has 0 unspecified atom stereocenters. The van der Waals surface area contributed by atoms with Crippen LogP contribution in [0.3, 0.4) is 0 Å². The predicted molar refractivity (Wildman–Crippen MR) is 80.4 cm³/mol. The molecule has 0 radical (unpaired) electrons. The standard InChI is InChI=1S/C17H16F3NO4/c18-17(19,20)12-2-1-3-13(8-12)25-14-9-15(22)21(16(14)23)10-11-4-6-24-7-5-11/h1-3,8-9,11H,4-7,10H2. The van der Waals surface area contributed by atoms with Crippen LogP contribution in [0.15, 0.2) is 36.1 Å². The highest BCUT2D eigenvalue weighted by atomic mass is 19.4. The third kappa shape index (κ3) is 4.01. The number of hydrogen-bond donors (Lipinski definition) is 0. The van der Waals surface area contributed by atoms with Crippen LogP contribution in [0.2, 0.25) is 0 Å². The Morgan fingerprint density at radius 3 is 2.60 bits per heavy atom. The van der Waals surface area contributed by atoms with E-state index in [1.54, 1.807) is 0 Å². The van der Waals surface area contributed by atoms with Gasteiger partial charge in [0.2, 0.25) is 0 Å². The van der Waals surface area contributed by atoms with Crippen LogP contribution in [0.25, 0.3) is 0 Å². The van der Waals surface area contributed by atoms with E-state index < -0.39 is 23.6 Å². The van der Waals surface area contributed by atoms with Crippen LogP contribution >= 0.6 is 0 Å². The smallest absolute Gasteiger partial charge is 0.416 e. The van der Waals surface area contributed by atoms with Crippen molar-refractivity contribution >= 4 is 11.8 Å². The van der Waals surface area contributed by atoms with Crippen molar-refractivity contribution in [1.82, 2.24) is 4.90 Å². The van der Waals surface area contributed by atoms with Gasteiger partial charge in [0.25, 0.3) is 11.8 Å². The first-order valence-corrected chi connectivity index (χ1v) is 7.85. The molecule has 0 bridgehead atoms.